The van der Waals surface area contributed by atoms with Crippen LogP contribution in [0.4, 0.5) is 4.79 Å². The van der Waals surface area contributed by atoms with Gasteiger partial charge in [0.15, 0.2) is 0 Å². The third-order valence-corrected chi connectivity index (χ3v) is 6.44. The molecule has 2 amide bonds. The lowest BCUT2D eigenvalue weighted by Gasteiger charge is -2.14. The predicted octanol–water partition coefficient (Wildman–Crippen LogP) is 6.76. The van der Waals surface area contributed by atoms with Crippen LogP contribution < -0.4 is 4.74 Å². The van der Waals surface area contributed by atoms with Crippen molar-refractivity contribution >= 4 is 84.0 Å². The van der Waals surface area contributed by atoms with Gasteiger partial charge < -0.3 is 4.74 Å². The number of halogens is 4. The van der Waals surface area contributed by atoms with E-state index in [9.17, 15) is 9.59 Å². The van der Waals surface area contributed by atoms with E-state index >= 15 is 0 Å². The Bertz CT molecular complexity index is 961. The van der Waals surface area contributed by atoms with Gasteiger partial charge in [0.25, 0.3) is 11.1 Å². The number of benzene rings is 2. The molecule has 9 heteroatoms. The quantitative estimate of drug-likeness (QED) is 0.394. The smallest absolute Gasteiger partial charge is 0.293 e. The van der Waals surface area contributed by atoms with E-state index in [2.05, 4.69) is 31.9 Å². The Kier molecular flexibility index (Phi) is 6.58. The van der Waals surface area contributed by atoms with Gasteiger partial charge in [-0.3, -0.25) is 14.5 Å². The summed E-state index contributed by atoms with van der Waals surface area (Å²) in [5, 5.41) is 0.432. The highest BCUT2D eigenvalue weighted by Crippen LogP contribution is 2.39. The summed E-state index contributed by atoms with van der Waals surface area (Å²) in [4.78, 5) is 26.6. The van der Waals surface area contributed by atoms with E-state index in [4.69, 9.17) is 27.9 Å². The molecule has 0 aromatic heterocycles. The van der Waals surface area contributed by atoms with Crippen molar-refractivity contribution in [1.82, 2.24) is 4.90 Å². The van der Waals surface area contributed by atoms with E-state index in [0.717, 1.165) is 25.6 Å². The molecule has 1 fully saturated rings. The summed E-state index contributed by atoms with van der Waals surface area (Å²) in [6.45, 7) is 0.0137. The standard InChI is InChI=1S/C18H11Br2Cl2NO3S/c1-26-16-9(5-10(19)7-12(16)20)6-15-17(24)23(18(25)27-15)8-11-13(21)3-2-4-14(11)22/h2-7H,8H2,1H3/b15-6+. The van der Waals surface area contributed by atoms with Crippen LogP contribution in [0.15, 0.2) is 44.2 Å². The molecule has 0 spiro atoms. The first-order chi connectivity index (χ1) is 12.8. The number of methoxy groups -OCH3 is 1. The van der Waals surface area contributed by atoms with Crippen LogP contribution in [0.3, 0.4) is 0 Å². The molecule has 1 aliphatic rings. The van der Waals surface area contributed by atoms with Crippen molar-refractivity contribution in [3.8, 4) is 5.75 Å². The number of imide groups is 1. The van der Waals surface area contributed by atoms with Gasteiger partial charge in [-0.1, -0.05) is 45.2 Å². The molecular weight excluding hydrogens is 541 g/mol. The van der Waals surface area contributed by atoms with Gasteiger partial charge in [0.1, 0.15) is 5.75 Å². The largest absolute Gasteiger partial charge is 0.495 e. The molecule has 1 heterocycles. The average molecular weight is 552 g/mol. The highest BCUT2D eigenvalue weighted by molar-refractivity contribution is 9.11. The van der Waals surface area contributed by atoms with E-state index in [1.807, 2.05) is 12.1 Å². The second kappa shape index (κ2) is 8.57. The fourth-order valence-electron chi connectivity index (χ4n) is 2.52. The van der Waals surface area contributed by atoms with Crippen molar-refractivity contribution < 1.29 is 14.3 Å². The number of carbonyl (C=O) groups is 2. The molecular formula is C18H11Br2Cl2NO3S. The Balaban J connectivity index is 1.94. The summed E-state index contributed by atoms with van der Waals surface area (Å²) >= 11 is 20.0. The van der Waals surface area contributed by atoms with Gasteiger partial charge in [0, 0.05) is 25.6 Å². The zero-order chi connectivity index (χ0) is 19.7. The molecule has 0 saturated carbocycles. The van der Waals surface area contributed by atoms with E-state index in [1.165, 1.54) is 7.11 Å². The molecule has 27 heavy (non-hydrogen) atoms. The second-order valence-corrected chi connectivity index (χ2v) is 9.06. The topological polar surface area (TPSA) is 46.6 Å². The van der Waals surface area contributed by atoms with Gasteiger partial charge in [-0.05, 0) is 58.0 Å². The number of ether oxygens (including phenoxy) is 1. The maximum Gasteiger partial charge on any atom is 0.293 e. The molecule has 0 N–H and O–H groups in total. The normalized spacial score (nSPS) is 15.7. The first-order valence-electron chi connectivity index (χ1n) is 7.53. The fraction of sp³-hybridized carbons (Fsp3) is 0.111. The monoisotopic (exact) mass is 549 g/mol. The van der Waals surface area contributed by atoms with E-state index < -0.39 is 5.91 Å². The molecule has 3 rings (SSSR count). The lowest BCUT2D eigenvalue weighted by Crippen LogP contribution is -2.27. The zero-order valence-electron chi connectivity index (χ0n) is 13.8. The van der Waals surface area contributed by atoms with Gasteiger partial charge in [0.2, 0.25) is 0 Å². The predicted molar refractivity (Wildman–Crippen MR) is 116 cm³/mol. The van der Waals surface area contributed by atoms with Crippen LogP contribution in [0.25, 0.3) is 6.08 Å². The summed E-state index contributed by atoms with van der Waals surface area (Å²) in [7, 11) is 1.54. The van der Waals surface area contributed by atoms with Crippen LogP contribution in [0.1, 0.15) is 11.1 Å². The van der Waals surface area contributed by atoms with Crippen LogP contribution in [0.2, 0.25) is 10.0 Å². The number of amides is 2. The van der Waals surface area contributed by atoms with Crippen LogP contribution in [-0.2, 0) is 11.3 Å². The molecule has 1 saturated heterocycles. The van der Waals surface area contributed by atoms with E-state index in [0.29, 0.717) is 31.8 Å². The Morgan fingerprint density at radius 1 is 1.19 bits per heavy atom. The maximum absolute atomic E-state index is 12.8. The highest BCUT2D eigenvalue weighted by Gasteiger charge is 2.36. The van der Waals surface area contributed by atoms with Crippen molar-refractivity contribution in [2.45, 2.75) is 6.54 Å². The Morgan fingerprint density at radius 2 is 1.85 bits per heavy atom. The second-order valence-electron chi connectivity index (χ2n) is 5.48. The summed E-state index contributed by atoms with van der Waals surface area (Å²) in [5.41, 5.74) is 1.20. The average Bonchev–Trinajstić information content (AvgIpc) is 2.85. The molecule has 0 aliphatic carbocycles. The number of nitrogens with zero attached hydrogens (tertiary/aromatic N) is 1. The number of rotatable bonds is 4. The van der Waals surface area contributed by atoms with E-state index in [-0.39, 0.29) is 11.8 Å². The SMILES string of the molecule is COc1c(Br)cc(Br)cc1/C=C1/SC(=O)N(Cc2c(Cl)cccc2Cl)C1=O. The van der Waals surface area contributed by atoms with Crippen molar-refractivity contribution in [2.75, 3.05) is 7.11 Å². The Morgan fingerprint density at radius 3 is 2.48 bits per heavy atom. The molecule has 1 aliphatic heterocycles. The summed E-state index contributed by atoms with van der Waals surface area (Å²) in [5.74, 6) is 0.165. The molecule has 2 aromatic carbocycles. The molecule has 140 valence electrons. The fourth-order valence-corrected chi connectivity index (χ4v) is 5.29. The molecule has 0 bridgehead atoms. The van der Waals surface area contributed by atoms with Crippen molar-refractivity contribution in [2.24, 2.45) is 0 Å². The van der Waals surface area contributed by atoms with Gasteiger partial charge in [-0.25, -0.2) is 0 Å². The minimum absolute atomic E-state index is 0.0137. The minimum Gasteiger partial charge on any atom is -0.495 e. The van der Waals surface area contributed by atoms with Crippen LogP contribution in [-0.4, -0.2) is 23.2 Å². The summed E-state index contributed by atoms with van der Waals surface area (Å²) < 4.78 is 6.93. The van der Waals surface area contributed by atoms with Crippen LogP contribution in [0.5, 0.6) is 5.75 Å². The molecule has 0 atom stereocenters. The van der Waals surface area contributed by atoms with Crippen molar-refractivity contribution in [3.63, 3.8) is 0 Å². The van der Waals surface area contributed by atoms with Gasteiger partial charge in [-0.2, -0.15) is 0 Å². The number of carbonyl (C=O) groups excluding carboxylic acids is 2. The first-order valence-corrected chi connectivity index (χ1v) is 10.7. The van der Waals surface area contributed by atoms with Gasteiger partial charge >= 0.3 is 0 Å². The maximum atomic E-state index is 12.8. The number of thioether (sulfide) groups is 1. The summed E-state index contributed by atoms with van der Waals surface area (Å²) in [6.07, 6.45) is 1.63. The molecule has 4 nitrogen and oxygen atoms in total. The molecule has 0 unspecified atom stereocenters. The van der Waals surface area contributed by atoms with Crippen LogP contribution in [0, 0.1) is 0 Å². The minimum atomic E-state index is -0.404. The van der Waals surface area contributed by atoms with Crippen LogP contribution >= 0.6 is 66.8 Å². The Hall–Kier alpha value is -0.990. The Labute approximate surface area is 187 Å². The number of hydrogen-bond donors (Lipinski definition) is 0. The first kappa shape index (κ1) is 20.7. The lowest BCUT2D eigenvalue weighted by molar-refractivity contribution is -0.123. The van der Waals surface area contributed by atoms with E-state index in [1.54, 1.807) is 24.3 Å². The zero-order valence-corrected chi connectivity index (χ0v) is 19.3. The van der Waals surface area contributed by atoms with Crippen molar-refractivity contribution in [1.29, 1.82) is 0 Å². The van der Waals surface area contributed by atoms with Crippen molar-refractivity contribution in [3.05, 3.63) is 65.4 Å². The lowest BCUT2D eigenvalue weighted by atomic mass is 10.1. The molecule has 0 radical (unpaired) electrons. The van der Waals surface area contributed by atoms with Gasteiger partial charge in [0.05, 0.1) is 23.0 Å². The third kappa shape index (κ3) is 4.38. The molecule has 2 aromatic rings. The third-order valence-electron chi connectivity index (χ3n) is 3.78. The number of hydrogen-bond acceptors (Lipinski definition) is 4. The van der Waals surface area contributed by atoms with Gasteiger partial charge in [-0.15, -0.1) is 0 Å². The summed E-state index contributed by atoms with van der Waals surface area (Å²) in [6, 6.07) is 8.69. The highest BCUT2D eigenvalue weighted by atomic mass is 79.9.